The standard InChI is InChI=1S/C17H19N3O6/c18-12-6-7-13(14(8-12)20(24)25)16(22)15(21)9-19-17(23)26-10-11-4-2-1-3-5-11/h1-8,15-16,21-22H,9-10,18H2,(H,19,23). The van der Waals surface area contributed by atoms with Gasteiger partial charge in [0, 0.05) is 18.3 Å². The minimum atomic E-state index is -1.58. The van der Waals surface area contributed by atoms with Crippen LogP contribution < -0.4 is 11.1 Å². The first-order chi connectivity index (χ1) is 12.4. The van der Waals surface area contributed by atoms with Crippen molar-refractivity contribution in [2.24, 2.45) is 0 Å². The molecule has 2 rings (SSSR count). The Labute approximate surface area is 149 Å². The number of carbonyl (C=O) groups excluding carboxylic acids is 1. The first-order valence-electron chi connectivity index (χ1n) is 7.73. The molecule has 0 aliphatic rings. The highest BCUT2D eigenvalue weighted by molar-refractivity contribution is 5.67. The maximum absolute atomic E-state index is 11.6. The lowest BCUT2D eigenvalue weighted by Crippen LogP contribution is -2.36. The van der Waals surface area contributed by atoms with Gasteiger partial charge in [0.05, 0.1) is 10.5 Å². The summed E-state index contributed by atoms with van der Waals surface area (Å²) in [5.41, 5.74) is 5.93. The van der Waals surface area contributed by atoms with Crippen LogP contribution in [-0.2, 0) is 11.3 Å². The molecule has 0 saturated carbocycles. The van der Waals surface area contributed by atoms with Crippen LogP contribution in [0.25, 0.3) is 0 Å². The first-order valence-corrected chi connectivity index (χ1v) is 7.73. The molecule has 2 atom stereocenters. The fourth-order valence-corrected chi connectivity index (χ4v) is 2.25. The van der Waals surface area contributed by atoms with E-state index in [0.717, 1.165) is 11.6 Å². The van der Waals surface area contributed by atoms with Gasteiger partial charge in [-0.3, -0.25) is 10.1 Å². The number of carbonyl (C=O) groups is 1. The average Bonchev–Trinajstić information content (AvgIpc) is 2.64. The fourth-order valence-electron chi connectivity index (χ4n) is 2.25. The molecule has 0 fully saturated rings. The number of nitrogen functional groups attached to an aromatic ring is 1. The Balaban J connectivity index is 1.90. The zero-order chi connectivity index (χ0) is 19.1. The van der Waals surface area contributed by atoms with Crippen LogP contribution in [0.1, 0.15) is 17.2 Å². The Kier molecular flexibility index (Phi) is 6.48. The lowest BCUT2D eigenvalue weighted by Gasteiger charge is -2.18. The van der Waals surface area contributed by atoms with E-state index in [9.17, 15) is 25.1 Å². The molecule has 0 aliphatic heterocycles. The van der Waals surface area contributed by atoms with Crippen molar-refractivity contribution < 1.29 is 24.7 Å². The van der Waals surface area contributed by atoms with Gasteiger partial charge in [0.25, 0.3) is 5.69 Å². The highest BCUT2D eigenvalue weighted by Crippen LogP contribution is 2.29. The van der Waals surface area contributed by atoms with Crippen molar-refractivity contribution in [1.29, 1.82) is 0 Å². The second-order valence-electron chi connectivity index (χ2n) is 5.53. The molecule has 9 heteroatoms. The van der Waals surface area contributed by atoms with Crippen molar-refractivity contribution in [2.75, 3.05) is 12.3 Å². The van der Waals surface area contributed by atoms with Crippen LogP contribution in [0.15, 0.2) is 48.5 Å². The molecule has 2 unspecified atom stereocenters. The Morgan fingerprint density at radius 1 is 1.23 bits per heavy atom. The predicted molar refractivity (Wildman–Crippen MR) is 93.1 cm³/mol. The van der Waals surface area contributed by atoms with E-state index >= 15 is 0 Å². The maximum atomic E-state index is 11.6. The zero-order valence-corrected chi connectivity index (χ0v) is 13.7. The molecule has 0 spiro atoms. The van der Waals surface area contributed by atoms with E-state index < -0.39 is 28.9 Å². The van der Waals surface area contributed by atoms with E-state index in [1.807, 2.05) is 6.07 Å². The molecule has 1 amide bonds. The van der Waals surface area contributed by atoms with Crippen LogP contribution >= 0.6 is 0 Å². The molecule has 0 heterocycles. The van der Waals surface area contributed by atoms with Gasteiger partial charge in [-0.2, -0.15) is 0 Å². The highest BCUT2D eigenvalue weighted by atomic mass is 16.6. The maximum Gasteiger partial charge on any atom is 0.407 e. The second kappa shape index (κ2) is 8.79. The minimum absolute atomic E-state index is 0.0504. The topological polar surface area (TPSA) is 148 Å². The van der Waals surface area contributed by atoms with Crippen LogP contribution in [0.2, 0.25) is 0 Å². The fraction of sp³-hybridized carbons (Fsp3) is 0.235. The Morgan fingerprint density at radius 2 is 1.92 bits per heavy atom. The van der Waals surface area contributed by atoms with Crippen LogP contribution in [0.5, 0.6) is 0 Å². The van der Waals surface area contributed by atoms with Crippen molar-refractivity contribution >= 4 is 17.5 Å². The Morgan fingerprint density at radius 3 is 2.58 bits per heavy atom. The van der Waals surface area contributed by atoms with Gasteiger partial charge in [0.2, 0.25) is 0 Å². The monoisotopic (exact) mass is 361 g/mol. The quantitative estimate of drug-likeness (QED) is 0.332. The number of aliphatic hydroxyl groups is 2. The number of nitrogens with zero attached hydrogens (tertiary/aromatic N) is 1. The molecule has 0 bridgehead atoms. The number of alkyl carbamates (subject to hydrolysis) is 1. The molecule has 9 nitrogen and oxygen atoms in total. The third kappa shape index (κ3) is 5.16. The van der Waals surface area contributed by atoms with Crippen LogP contribution in [0.4, 0.5) is 16.2 Å². The van der Waals surface area contributed by atoms with Gasteiger partial charge in [-0.15, -0.1) is 0 Å². The number of nitrogens with one attached hydrogen (secondary N) is 1. The molecule has 5 N–H and O–H groups in total. The number of benzene rings is 2. The Hall–Kier alpha value is -3.17. The first kappa shape index (κ1) is 19.2. The summed E-state index contributed by atoms with van der Waals surface area (Å²) in [4.78, 5) is 22.0. The Bertz CT molecular complexity index is 768. The van der Waals surface area contributed by atoms with Crippen molar-refractivity contribution in [3.05, 3.63) is 69.8 Å². The van der Waals surface area contributed by atoms with Crippen molar-refractivity contribution in [2.45, 2.75) is 18.8 Å². The van der Waals surface area contributed by atoms with Crippen LogP contribution in [0.3, 0.4) is 0 Å². The number of amides is 1. The molecule has 0 radical (unpaired) electrons. The van der Waals surface area contributed by atoms with Gasteiger partial charge in [0.1, 0.15) is 18.8 Å². The minimum Gasteiger partial charge on any atom is -0.445 e. The highest BCUT2D eigenvalue weighted by Gasteiger charge is 2.26. The van der Waals surface area contributed by atoms with Crippen molar-refractivity contribution in [3.63, 3.8) is 0 Å². The van der Waals surface area contributed by atoms with Gasteiger partial charge in [-0.05, 0) is 17.7 Å². The number of hydrogen-bond donors (Lipinski definition) is 4. The van der Waals surface area contributed by atoms with E-state index in [1.54, 1.807) is 24.3 Å². The van der Waals surface area contributed by atoms with E-state index in [-0.39, 0.29) is 24.4 Å². The average molecular weight is 361 g/mol. The van der Waals surface area contributed by atoms with Gasteiger partial charge in [-0.25, -0.2) is 4.79 Å². The zero-order valence-electron chi connectivity index (χ0n) is 13.7. The van der Waals surface area contributed by atoms with Gasteiger partial charge in [0.15, 0.2) is 0 Å². The number of nitro benzene ring substituents is 1. The van der Waals surface area contributed by atoms with E-state index in [1.165, 1.54) is 12.1 Å². The van der Waals surface area contributed by atoms with E-state index in [0.29, 0.717) is 0 Å². The number of ether oxygens (including phenoxy) is 1. The summed E-state index contributed by atoms with van der Waals surface area (Å²) < 4.78 is 4.97. The molecule has 26 heavy (non-hydrogen) atoms. The van der Waals surface area contributed by atoms with Crippen molar-refractivity contribution in [3.8, 4) is 0 Å². The predicted octanol–water partition coefficient (Wildman–Crippen LogP) is 1.50. The molecule has 0 saturated heterocycles. The number of hydrogen-bond acceptors (Lipinski definition) is 7. The molecule has 0 aromatic heterocycles. The van der Waals surface area contributed by atoms with E-state index in [2.05, 4.69) is 5.32 Å². The molecule has 138 valence electrons. The summed E-state index contributed by atoms with van der Waals surface area (Å²) >= 11 is 0. The molecule has 0 aliphatic carbocycles. The number of nitrogens with two attached hydrogens (primary N) is 1. The van der Waals surface area contributed by atoms with Crippen molar-refractivity contribution in [1.82, 2.24) is 5.32 Å². The van der Waals surface area contributed by atoms with Gasteiger partial charge < -0.3 is 26.0 Å². The molecule has 2 aromatic rings. The number of aliphatic hydroxyl groups excluding tert-OH is 2. The van der Waals surface area contributed by atoms with Crippen LogP contribution in [-0.4, -0.2) is 33.9 Å². The largest absolute Gasteiger partial charge is 0.445 e. The van der Waals surface area contributed by atoms with Crippen LogP contribution in [0, 0.1) is 10.1 Å². The summed E-state index contributed by atoms with van der Waals surface area (Å²) in [6, 6.07) is 12.7. The molecular formula is C17H19N3O6. The normalized spacial score (nSPS) is 12.8. The van der Waals surface area contributed by atoms with Gasteiger partial charge in [-0.1, -0.05) is 30.3 Å². The summed E-state index contributed by atoms with van der Waals surface area (Å²) in [5.74, 6) is 0. The number of anilines is 1. The third-order valence-electron chi connectivity index (χ3n) is 3.60. The summed E-state index contributed by atoms with van der Waals surface area (Å²) in [5, 5.41) is 33.5. The lowest BCUT2D eigenvalue weighted by molar-refractivity contribution is -0.386. The summed E-state index contributed by atoms with van der Waals surface area (Å²) in [6.45, 7) is -0.301. The second-order valence-corrected chi connectivity index (χ2v) is 5.53. The van der Waals surface area contributed by atoms with E-state index in [4.69, 9.17) is 10.5 Å². The third-order valence-corrected chi connectivity index (χ3v) is 3.60. The van der Waals surface area contributed by atoms with Gasteiger partial charge >= 0.3 is 6.09 Å². The summed E-state index contributed by atoms with van der Waals surface area (Å²) in [7, 11) is 0. The number of nitro groups is 1. The molecule has 2 aromatic carbocycles. The summed E-state index contributed by atoms with van der Waals surface area (Å²) in [6.07, 6.45) is -3.83. The molecular weight excluding hydrogens is 342 g/mol. The smallest absolute Gasteiger partial charge is 0.407 e. The number of rotatable bonds is 7. The lowest BCUT2D eigenvalue weighted by atomic mass is 10.0. The SMILES string of the molecule is Nc1ccc(C(O)C(O)CNC(=O)OCc2ccccc2)c([N+](=O)[O-])c1.